The number of amides is 1. The third kappa shape index (κ3) is 6.10. The molecule has 0 unspecified atom stereocenters. The highest BCUT2D eigenvalue weighted by Crippen LogP contribution is 2.34. The van der Waals surface area contributed by atoms with Crippen LogP contribution in [0.1, 0.15) is 46.4 Å². The summed E-state index contributed by atoms with van der Waals surface area (Å²) in [6, 6.07) is 4.62. The van der Waals surface area contributed by atoms with E-state index in [2.05, 4.69) is 5.32 Å². The second kappa shape index (κ2) is 10.7. The summed E-state index contributed by atoms with van der Waals surface area (Å²) >= 11 is 12.9. The number of thiophene rings is 1. The molecule has 1 aromatic carbocycles. The quantitative estimate of drug-likeness (QED) is 0.534. The van der Waals surface area contributed by atoms with Gasteiger partial charge in [-0.05, 0) is 45.4 Å². The van der Waals surface area contributed by atoms with Gasteiger partial charge in [-0.15, -0.1) is 11.3 Å². The number of ether oxygens (including phenoxy) is 3. The first-order valence-electron chi connectivity index (χ1n) is 9.03. The summed E-state index contributed by atoms with van der Waals surface area (Å²) in [6.45, 7) is 6.45. The fourth-order valence-corrected chi connectivity index (χ4v) is 3.83. The molecule has 2 aromatic rings. The van der Waals surface area contributed by atoms with Crippen LogP contribution in [0.25, 0.3) is 0 Å². The number of carbonyl (C=O) groups is 3. The van der Waals surface area contributed by atoms with Gasteiger partial charge in [-0.2, -0.15) is 0 Å². The van der Waals surface area contributed by atoms with Crippen molar-refractivity contribution in [2.24, 2.45) is 0 Å². The van der Waals surface area contributed by atoms with Gasteiger partial charge >= 0.3 is 11.9 Å². The van der Waals surface area contributed by atoms with E-state index in [9.17, 15) is 14.4 Å². The Morgan fingerprint density at radius 2 is 1.87 bits per heavy atom. The van der Waals surface area contributed by atoms with Gasteiger partial charge in [0.05, 0.1) is 23.3 Å². The van der Waals surface area contributed by atoms with Crippen LogP contribution in [0, 0.1) is 6.92 Å². The van der Waals surface area contributed by atoms with Gasteiger partial charge in [0.1, 0.15) is 15.6 Å². The Kier molecular flexibility index (Phi) is 8.52. The van der Waals surface area contributed by atoms with Gasteiger partial charge in [0.25, 0.3) is 5.91 Å². The van der Waals surface area contributed by atoms with Crippen molar-refractivity contribution in [3.05, 3.63) is 44.2 Å². The zero-order valence-electron chi connectivity index (χ0n) is 16.8. The molecule has 30 heavy (non-hydrogen) atoms. The number of carbonyl (C=O) groups excluding carboxylic acids is 3. The predicted octanol–water partition coefficient (Wildman–Crippen LogP) is 5.12. The number of rotatable bonds is 8. The lowest BCUT2D eigenvalue weighted by molar-refractivity contribution is -0.118. The average molecular weight is 474 g/mol. The topological polar surface area (TPSA) is 90.9 Å². The molecular weight excluding hydrogens is 453 g/mol. The van der Waals surface area contributed by atoms with Crippen LogP contribution in [0.5, 0.6) is 5.75 Å². The van der Waals surface area contributed by atoms with E-state index in [4.69, 9.17) is 37.4 Å². The van der Waals surface area contributed by atoms with Crippen LogP contribution in [0.15, 0.2) is 18.2 Å². The Labute approximate surface area is 188 Å². The van der Waals surface area contributed by atoms with Crippen LogP contribution in [-0.2, 0) is 14.3 Å². The molecule has 162 valence electrons. The lowest BCUT2D eigenvalue weighted by atomic mass is 10.1. The molecule has 0 saturated heterocycles. The fourth-order valence-electron chi connectivity index (χ4n) is 2.41. The molecule has 0 radical (unpaired) electrons. The minimum atomic E-state index is -0.649. The second-order valence-corrected chi connectivity index (χ2v) is 8.21. The lowest BCUT2D eigenvalue weighted by Gasteiger charge is -2.09. The van der Waals surface area contributed by atoms with Gasteiger partial charge in [-0.25, -0.2) is 9.59 Å². The molecule has 0 aliphatic carbocycles. The van der Waals surface area contributed by atoms with Crippen molar-refractivity contribution in [2.45, 2.75) is 33.8 Å². The highest BCUT2D eigenvalue weighted by Gasteiger charge is 2.27. The third-order valence-electron chi connectivity index (χ3n) is 3.66. The molecule has 1 heterocycles. The number of hydrogen-bond acceptors (Lipinski definition) is 7. The first-order valence-corrected chi connectivity index (χ1v) is 10.6. The highest BCUT2D eigenvalue weighted by molar-refractivity contribution is 7.18. The van der Waals surface area contributed by atoms with Crippen LogP contribution in [0.3, 0.4) is 0 Å². The number of esters is 2. The monoisotopic (exact) mass is 473 g/mol. The average Bonchev–Trinajstić information content (AvgIpc) is 2.98. The maximum Gasteiger partial charge on any atom is 0.348 e. The Morgan fingerprint density at radius 1 is 1.17 bits per heavy atom. The van der Waals surface area contributed by atoms with Crippen molar-refractivity contribution in [2.75, 3.05) is 18.5 Å². The van der Waals surface area contributed by atoms with E-state index in [-0.39, 0.29) is 40.5 Å². The minimum absolute atomic E-state index is 0.103. The molecule has 1 amide bonds. The zero-order chi connectivity index (χ0) is 22.4. The molecular formula is C20H21Cl2NO6S. The summed E-state index contributed by atoms with van der Waals surface area (Å²) in [5.41, 5.74) is 0.477. The minimum Gasteiger partial charge on any atom is -0.482 e. The van der Waals surface area contributed by atoms with E-state index in [0.29, 0.717) is 15.6 Å². The van der Waals surface area contributed by atoms with E-state index < -0.39 is 17.8 Å². The first kappa shape index (κ1) is 24.0. The van der Waals surface area contributed by atoms with Crippen LogP contribution < -0.4 is 10.1 Å². The van der Waals surface area contributed by atoms with Crippen molar-refractivity contribution in [3.63, 3.8) is 0 Å². The van der Waals surface area contributed by atoms with Crippen LogP contribution in [0.2, 0.25) is 10.0 Å². The Hall–Kier alpha value is -2.29. The highest BCUT2D eigenvalue weighted by atomic mass is 35.5. The van der Waals surface area contributed by atoms with Crippen molar-refractivity contribution >= 4 is 57.4 Å². The van der Waals surface area contributed by atoms with E-state index in [0.717, 1.165) is 11.3 Å². The molecule has 0 spiro atoms. The number of nitrogens with one attached hydrogen (secondary N) is 1. The molecule has 0 fully saturated rings. The molecule has 7 nitrogen and oxygen atoms in total. The number of hydrogen-bond donors (Lipinski definition) is 1. The van der Waals surface area contributed by atoms with Gasteiger partial charge in [-0.3, -0.25) is 4.79 Å². The molecule has 1 N–H and O–H groups in total. The van der Waals surface area contributed by atoms with E-state index in [1.807, 2.05) is 0 Å². The molecule has 1 aromatic heterocycles. The molecule has 0 saturated carbocycles. The summed E-state index contributed by atoms with van der Waals surface area (Å²) in [5, 5.41) is 3.47. The third-order valence-corrected chi connectivity index (χ3v) is 5.39. The smallest absolute Gasteiger partial charge is 0.348 e. The van der Waals surface area contributed by atoms with Crippen LogP contribution >= 0.6 is 34.5 Å². The summed E-state index contributed by atoms with van der Waals surface area (Å²) in [7, 11) is 0. The zero-order valence-corrected chi connectivity index (χ0v) is 19.2. The second-order valence-electron chi connectivity index (χ2n) is 6.35. The van der Waals surface area contributed by atoms with E-state index in [1.165, 1.54) is 6.07 Å². The predicted molar refractivity (Wildman–Crippen MR) is 116 cm³/mol. The number of anilines is 1. The standard InChI is InChI=1S/C20H21Cl2NO6S/c1-5-27-19(25)16-11(4)17(20(26)29-10(2)3)30-18(16)23-15(24)9-28-14-8-12(21)6-7-13(14)22/h6-8,10H,5,9H2,1-4H3,(H,23,24). The lowest BCUT2D eigenvalue weighted by Crippen LogP contribution is -2.21. The Morgan fingerprint density at radius 3 is 2.50 bits per heavy atom. The Bertz CT molecular complexity index is 957. The van der Waals surface area contributed by atoms with Gasteiger partial charge in [0, 0.05) is 11.1 Å². The molecule has 10 heteroatoms. The van der Waals surface area contributed by atoms with Gasteiger partial charge < -0.3 is 19.5 Å². The maximum absolute atomic E-state index is 12.4. The molecule has 0 aliphatic heterocycles. The molecule has 0 aliphatic rings. The first-order chi connectivity index (χ1) is 14.1. The number of halogens is 2. The van der Waals surface area contributed by atoms with Crippen LogP contribution in [0.4, 0.5) is 5.00 Å². The van der Waals surface area contributed by atoms with E-state index in [1.54, 1.807) is 39.8 Å². The number of benzene rings is 1. The maximum atomic E-state index is 12.4. The normalized spacial score (nSPS) is 10.6. The van der Waals surface area contributed by atoms with Crippen molar-refractivity contribution < 1.29 is 28.6 Å². The van der Waals surface area contributed by atoms with Gasteiger partial charge in [0.2, 0.25) is 0 Å². The summed E-state index contributed by atoms with van der Waals surface area (Å²) < 4.78 is 15.7. The van der Waals surface area contributed by atoms with E-state index >= 15 is 0 Å². The molecule has 0 atom stereocenters. The summed E-state index contributed by atoms with van der Waals surface area (Å²) in [6.07, 6.45) is -0.334. The molecule has 0 bridgehead atoms. The fraction of sp³-hybridized carbons (Fsp3) is 0.350. The summed E-state index contributed by atoms with van der Waals surface area (Å²) in [5.74, 6) is -1.54. The van der Waals surface area contributed by atoms with Crippen molar-refractivity contribution in [1.82, 2.24) is 0 Å². The Balaban J connectivity index is 2.23. The van der Waals surface area contributed by atoms with Gasteiger partial charge in [-0.1, -0.05) is 23.2 Å². The largest absolute Gasteiger partial charge is 0.482 e. The van der Waals surface area contributed by atoms with Gasteiger partial charge in [0.15, 0.2) is 6.61 Å². The van der Waals surface area contributed by atoms with Crippen LogP contribution in [-0.4, -0.2) is 37.2 Å². The van der Waals surface area contributed by atoms with Crippen molar-refractivity contribution in [1.29, 1.82) is 0 Å². The SMILES string of the molecule is CCOC(=O)c1c(NC(=O)COc2cc(Cl)ccc2Cl)sc(C(=O)OC(C)C)c1C. The van der Waals surface area contributed by atoms with Crippen molar-refractivity contribution in [3.8, 4) is 5.75 Å². The summed E-state index contributed by atoms with van der Waals surface area (Å²) in [4.78, 5) is 37.4. The molecule has 2 rings (SSSR count).